The summed E-state index contributed by atoms with van der Waals surface area (Å²) in [6.07, 6.45) is 5.55. The third-order valence-corrected chi connectivity index (χ3v) is 4.37. The molecule has 2 heterocycles. The van der Waals surface area contributed by atoms with Gasteiger partial charge in [0.15, 0.2) is 0 Å². The summed E-state index contributed by atoms with van der Waals surface area (Å²) in [7, 11) is 4.33. The van der Waals surface area contributed by atoms with E-state index in [0.29, 0.717) is 0 Å². The first-order valence-corrected chi connectivity index (χ1v) is 7.29. The summed E-state index contributed by atoms with van der Waals surface area (Å²) in [5.41, 5.74) is 0. The number of nitrogens with zero attached hydrogens (tertiary/aromatic N) is 3. The molecule has 17 heavy (non-hydrogen) atoms. The lowest BCUT2D eigenvalue weighted by atomic mass is 10.1. The molecule has 2 rings (SSSR count). The highest BCUT2D eigenvalue weighted by Crippen LogP contribution is 2.24. The number of hydrogen-bond acceptors (Lipinski definition) is 3. The summed E-state index contributed by atoms with van der Waals surface area (Å²) >= 11 is 0. The molecule has 100 valence electrons. The van der Waals surface area contributed by atoms with Gasteiger partial charge in [0.05, 0.1) is 0 Å². The minimum absolute atomic E-state index is 0.767. The minimum Gasteiger partial charge on any atom is -0.309 e. The largest absolute Gasteiger partial charge is 0.309 e. The van der Waals surface area contributed by atoms with Crippen LogP contribution in [0.3, 0.4) is 0 Å². The standard InChI is InChI=1S/C14H29N3/c1-13-11-17-10-6-7-14(17)12-16(13)9-5-4-8-15(2)3/h13-14H,4-12H2,1-3H3. The van der Waals surface area contributed by atoms with E-state index in [9.17, 15) is 0 Å². The Balaban J connectivity index is 1.69. The van der Waals surface area contributed by atoms with Crippen molar-refractivity contribution in [2.24, 2.45) is 0 Å². The van der Waals surface area contributed by atoms with Crippen molar-refractivity contribution in [2.45, 2.75) is 44.7 Å². The Hall–Kier alpha value is -0.120. The molecule has 0 aliphatic carbocycles. The highest BCUT2D eigenvalue weighted by Gasteiger charge is 2.33. The quantitative estimate of drug-likeness (QED) is 0.673. The Morgan fingerprint density at radius 3 is 2.76 bits per heavy atom. The second kappa shape index (κ2) is 6.17. The monoisotopic (exact) mass is 239 g/mol. The SMILES string of the molecule is CC1CN2CCCC2CN1CCCCN(C)C. The molecular weight excluding hydrogens is 210 g/mol. The molecule has 3 heteroatoms. The van der Waals surface area contributed by atoms with Crippen LogP contribution in [-0.2, 0) is 0 Å². The van der Waals surface area contributed by atoms with Gasteiger partial charge in [0.2, 0.25) is 0 Å². The number of rotatable bonds is 5. The van der Waals surface area contributed by atoms with Gasteiger partial charge < -0.3 is 4.90 Å². The molecule has 0 radical (unpaired) electrons. The van der Waals surface area contributed by atoms with Crippen LogP contribution in [0.15, 0.2) is 0 Å². The van der Waals surface area contributed by atoms with Crippen molar-refractivity contribution in [2.75, 3.05) is 46.8 Å². The van der Waals surface area contributed by atoms with E-state index in [-0.39, 0.29) is 0 Å². The summed E-state index contributed by atoms with van der Waals surface area (Å²) in [6.45, 7) is 8.92. The Kier molecular flexibility index (Phi) is 4.83. The Bertz CT molecular complexity index is 230. The van der Waals surface area contributed by atoms with Crippen LogP contribution in [0.4, 0.5) is 0 Å². The summed E-state index contributed by atoms with van der Waals surface area (Å²) in [6, 6.07) is 1.64. The molecule has 0 spiro atoms. The number of hydrogen-bond donors (Lipinski definition) is 0. The number of fused-ring (bicyclic) bond motifs is 1. The molecule has 2 atom stereocenters. The summed E-state index contributed by atoms with van der Waals surface area (Å²) < 4.78 is 0. The summed E-state index contributed by atoms with van der Waals surface area (Å²) in [4.78, 5) is 7.72. The zero-order chi connectivity index (χ0) is 12.3. The van der Waals surface area contributed by atoms with E-state index < -0.39 is 0 Å². The van der Waals surface area contributed by atoms with Crippen molar-refractivity contribution < 1.29 is 0 Å². The van der Waals surface area contributed by atoms with Crippen LogP contribution in [0, 0.1) is 0 Å². The first kappa shape index (κ1) is 13.3. The lowest BCUT2D eigenvalue weighted by Gasteiger charge is -2.42. The second-order valence-electron chi connectivity index (χ2n) is 6.15. The topological polar surface area (TPSA) is 9.72 Å². The third kappa shape index (κ3) is 3.67. The van der Waals surface area contributed by atoms with Gasteiger partial charge in [0.1, 0.15) is 0 Å². The van der Waals surface area contributed by atoms with Gasteiger partial charge in [-0.15, -0.1) is 0 Å². The highest BCUT2D eigenvalue weighted by molar-refractivity contribution is 4.90. The van der Waals surface area contributed by atoms with Crippen molar-refractivity contribution in [1.29, 1.82) is 0 Å². The summed E-state index contributed by atoms with van der Waals surface area (Å²) in [5.74, 6) is 0. The molecule has 0 amide bonds. The van der Waals surface area contributed by atoms with Crippen molar-refractivity contribution in [1.82, 2.24) is 14.7 Å². The summed E-state index contributed by atoms with van der Waals surface area (Å²) in [5, 5.41) is 0. The van der Waals surface area contributed by atoms with Crippen LogP contribution >= 0.6 is 0 Å². The Morgan fingerprint density at radius 1 is 1.18 bits per heavy atom. The molecular formula is C14H29N3. The van der Waals surface area contributed by atoms with Gasteiger partial charge in [0.25, 0.3) is 0 Å². The molecule has 2 saturated heterocycles. The maximum atomic E-state index is 2.72. The van der Waals surface area contributed by atoms with Crippen molar-refractivity contribution in [3.63, 3.8) is 0 Å². The van der Waals surface area contributed by atoms with Gasteiger partial charge >= 0.3 is 0 Å². The Morgan fingerprint density at radius 2 is 2.00 bits per heavy atom. The van der Waals surface area contributed by atoms with Crippen LogP contribution in [0.25, 0.3) is 0 Å². The molecule has 2 unspecified atom stereocenters. The Labute approximate surface area is 107 Å². The molecule has 0 bridgehead atoms. The van der Waals surface area contributed by atoms with Crippen LogP contribution in [0.2, 0.25) is 0 Å². The predicted octanol–water partition coefficient (Wildman–Crippen LogP) is 1.50. The highest BCUT2D eigenvalue weighted by atomic mass is 15.3. The molecule has 0 aromatic heterocycles. The molecule has 2 aliphatic rings. The van der Waals surface area contributed by atoms with Gasteiger partial charge in [-0.3, -0.25) is 9.80 Å². The van der Waals surface area contributed by atoms with Crippen LogP contribution in [0.1, 0.15) is 32.6 Å². The lowest BCUT2D eigenvalue weighted by molar-refractivity contribution is 0.0581. The number of piperazine rings is 1. The molecule has 2 fully saturated rings. The minimum atomic E-state index is 0.767. The number of unbranched alkanes of at least 4 members (excludes halogenated alkanes) is 1. The zero-order valence-electron chi connectivity index (χ0n) is 11.9. The molecule has 0 aromatic carbocycles. The van der Waals surface area contributed by atoms with Crippen LogP contribution in [-0.4, -0.2) is 73.6 Å². The van der Waals surface area contributed by atoms with Gasteiger partial charge in [-0.2, -0.15) is 0 Å². The fourth-order valence-electron chi connectivity index (χ4n) is 3.30. The van der Waals surface area contributed by atoms with E-state index in [1.807, 2.05) is 0 Å². The average Bonchev–Trinajstić information content (AvgIpc) is 2.71. The average molecular weight is 239 g/mol. The normalized spacial score (nSPS) is 31.1. The van der Waals surface area contributed by atoms with Gasteiger partial charge in [-0.25, -0.2) is 0 Å². The maximum absolute atomic E-state index is 2.72. The molecule has 0 saturated carbocycles. The smallest absolute Gasteiger partial charge is 0.0224 e. The lowest BCUT2D eigenvalue weighted by Crippen LogP contribution is -2.55. The fourth-order valence-corrected chi connectivity index (χ4v) is 3.30. The van der Waals surface area contributed by atoms with Gasteiger partial charge in [-0.05, 0) is 66.3 Å². The van der Waals surface area contributed by atoms with E-state index in [1.54, 1.807) is 0 Å². The van der Waals surface area contributed by atoms with Gasteiger partial charge in [0, 0.05) is 25.2 Å². The van der Waals surface area contributed by atoms with Crippen LogP contribution in [0.5, 0.6) is 0 Å². The van der Waals surface area contributed by atoms with E-state index >= 15 is 0 Å². The molecule has 0 N–H and O–H groups in total. The van der Waals surface area contributed by atoms with Crippen LogP contribution < -0.4 is 0 Å². The molecule has 0 aromatic rings. The van der Waals surface area contributed by atoms with E-state index in [2.05, 4.69) is 35.7 Å². The third-order valence-electron chi connectivity index (χ3n) is 4.37. The molecule has 3 nitrogen and oxygen atoms in total. The maximum Gasteiger partial charge on any atom is 0.0224 e. The molecule has 2 aliphatic heterocycles. The predicted molar refractivity (Wildman–Crippen MR) is 73.4 cm³/mol. The van der Waals surface area contributed by atoms with Crippen molar-refractivity contribution in [3.8, 4) is 0 Å². The zero-order valence-corrected chi connectivity index (χ0v) is 11.9. The van der Waals surface area contributed by atoms with E-state index in [0.717, 1.165) is 12.1 Å². The first-order valence-electron chi connectivity index (χ1n) is 7.29. The first-order chi connectivity index (χ1) is 8.16. The van der Waals surface area contributed by atoms with Crippen molar-refractivity contribution >= 4 is 0 Å². The van der Waals surface area contributed by atoms with Crippen molar-refractivity contribution in [3.05, 3.63) is 0 Å². The fraction of sp³-hybridized carbons (Fsp3) is 1.00. The second-order valence-corrected chi connectivity index (χ2v) is 6.15. The van der Waals surface area contributed by atoms with E-state index in [1.165, 1.54) is 58.4 Å². The van der Waals surface area contributed by atoms with Gasteiger partial charge in [-0.1, -0.05) is 0 Å². The van der Waals surface area contributed by atoms with E-state index in [4.69, 9.17) is 0 Å².